The van der Waals surface area contributed by atoms with Crippen molar-refractivity contribution in [1.82, 2.24) is 0 Å². The SMILES string of the molecule is Cc1cc2c3c(c1)N(c1ccc(C(C)(C)C)cc1-c1ccccc1)c1sc4ccc(C(C)(C)C)cc4c1B3c1cc3c(cc1N2c1ccc(C(C)(C)C)cc1)C(C)(C)CCC3(C)C. The number of nitrogens with zero attached hydrogens (tertiary/aromatic N) is 2. The lowest BCUT2D eigenvalue weighted by Crippen LogP contribution is -2.61. The van der Waals surface area contributed by atoms with E-state index >= 15 is 0 Å². The van der Waals surface area contributed by atoms with Crippen LogP contribution in [-0.4, -0.2) is 6.71 Å². The Morgan fingerprint density at radius 1 is 0.524 bits per heavy atom. The standard InChI is InChI=1S/C59H65BN2S/c1-36-30-49-53-50(31-36)62(47-26-22-39(56(5,6)7)32-42(47)37-18-16-15-17-19-37)54-52(43-33-40(57(8,9)10)23-27-51(43)63-54)60(53)46-34-44-45(59(13,14)29-28-58(44,11)12)35-48(46)61(49)41-24-20-38(21-25-41)55(2,3)4/h15-27,30-35H,28-29H2,1-14H3. The maximum atomic E-state index is 2.68. The minimum Gasteiger partial charge on any atom is -0.311 e. The Balaban J connectivity index is 1.36. The fraction of sp³-hybridized carbons (Fsp3) is 0.356. The second kappa shape index (κ2) is 14.0. The first-order valence-corrected chi connectivity index (χ1v) is 24.2. The van der Waals surface area contributed by atoms with Gasteiger partial charge in [-0.1, -0.05) is 157 Å². The Morgan fingerprint density at radius 2 is 1.08 bits per heavy atom. The molecule has 0 unspecified atom stereocenters. The van der Waals surface area contributed by atoms with Gasteiger partial charge in [0.05, 0.1) is 10.7 Å². The normalized spacial score (nSPS) is 16.4. The van der Waals surface area contributed by atoms with Crippen LogP contribution in [0.25, 0.3) is 21.2 Å². The van der Waals surface area contributed by atoms with Gasteiger partial charge in [-0.25, -0.2) is 0 Å². The van der Waals surface area contributed by atoms with E-state index < -0.39 is 0 Å². The largest absolute Gasteiger partial charge is 0.311 e. The molecular formula is C59H65BN2S. The molecule has 1 aromatic heterocycles. The summed E-state index contributed by atoms with van der Waals surface area (Å²) < 4.78 is 1.35. The van der Waals surface area contributed by atoms with Gasteiger partial charge in [0, 0.05) is 33.0 Å². The first-order chi connectivity index (χ1) is 29.5. The van der Waals surface area contributed by atoms with Crippen molar-refractivity contribution in [3.8, 4) is 11.1 Å². The maximum absolute atomic E-state index is 2.68. The first-order valence-electron chi connectivity index (χ1n) is 23.3. The van der Waals surface area contributed by atoms with E-state index in [1.54, 1.807) is 0 Å². The molecule has 2 nitrogen and oxygen atoms in total. The van der Waals surface area contributed by atoms with Gasteiger partial charge in [0.15, 0.2) is 0 Å². The summed E-state index contributed by atoms with van der Waals surface area (Å²) in [7, 11) is 0. The van der Waals surface area contributed by atoms with Crippen molar-refractivity contribution in [3.05, 3.63) is 149 Å². The first kappa shape index (κ1) is 41.9. The molecular weight excluding hydrogens is 780 g/mol. The summed E-state index contributed by atoms with van der Waals surface area (Å²) >= 11 is 1.97. The summed E-state index contributed by atoms with van der Waals surface area (Å²) in [5.74, 6) is 0. The fourth-order valence-corrected chi connectivity index (χ4v) is 12.1. The van der Waals surface area contributed by atoms with Crippen LogP contribution in [0.1, 0.15) is 136 Å². The van der Waals surface area contributed by atoms with Crippen LogP contribution in [-0.2, 0) is 27.1 Å². The summed E-state index contributed by atoms with van der Waals surface area (Å²) in [4.78, 5) is 5.31. The van der Waals surface area contributed by atoms with E-state index in [1.165, 1.54) is 117 Å². The molecule has 0 saturated heterocycles. The molecule has 7 aromatic rings. The molecule has 320 valence electrons. The van der Waals surface area contributed by atoms with Gasteiger partial charge < -0.3 is 9.80 Å². The average molecular weight is 845 g/mol. The topological polar surface area (TPSA) is 6.48 Å². The molecule has 2 aliphatic heterocycles. The molecule has 0 spiro atoms. The third-order valence-corrected chi connectivity index (χ3v) is 16.0. The second-order valence-corrected chi connectivity index (χ2v) is 24.5. The van der Waals surface area contributed by atoms with Crippen molar-refractivity contribution in [1.29, 1.82) is 0 Å². The fourth-order valence-electron chi connectivity index (χ4n) is 10.9. The van der Waals surface area contributed by atoms with Crippen molar-refractivity contribution in [2.75, 3.05) is 9.80 Å². The highest BCUT2D eigenvalue weighted by Gasteiger charge is 2.48. The molecule has 3 aliphatic rings. The van der Waals surface area contributed by atoms with Crippen LogP contribution >= 0.6 is 11.3 Å². The molecule has 63 heavy (non-hydrogen) atoms. The van der Waals surface area contributed by atoms with Crippen LogP contribution in [0, 0.1) is 6.92 Å². The summed E-state index contributed by atoms with van der Waals surface area (Å²) in [5.41, 5.74) is 21.6. The van der Waals surface area contributed by atoms with E-state index in [1.807, 2.05) is 11.3 Å². The lowest BCUT2D eigenvalue weighted by atomic mass is 9.33. The summed E-state index contributed by atoms with van der Waals surface area (Å²) in [6.45, 7) is 33.3. The number of fused-ring (bicyclic) bond motifs is 7. The lowest BCUT2D eigenvalue weighted by molar-refractivity contribution is 0.332. The Morgan fingerprint density at radius 3 is 1.70 bits per heavy atom. The Kier molecular flexibility index (Phi) is 9.30. The zero-order valence-electron chi connectivity index (χ0n) is 40.3. The molecule has 3 heterocycles. The van der Waals surface area contributed by atoms with E-state index in [0.29, 0.717) is 0 Å². The zero-order chi connectivity index (χ0) is 44.8. The third-order valence-electron chi connectivity index (χ3n) is 14.8. The third kappa shape index (κ3) is 6.72. The number of anilines is 6. The van der Waals surface area contributed by atoms with Gasteiger partial charge in [-0.05, 0) is 156 Å². The van der Waals surface area contributed by atoms with Crippen LogP contribution < -0.4 is 26.2 Å². The van der Waals surface area contributed by atoms with Crippen LogP contribution in [0.5, 0.6) is 0 Å². The van der Waals surface area contributed by atoms with Crippen molar-refractivity contribution < 1.29 is 0 Å². The predicted molar refractivity (Wildman–Crippen MR) is 277 cm³/mol. The average Bonchev–Trinajstić information content (AvgIpc) is 3.60. The molecule has 0 atom stereocenters. The van der Waals surface area contributed by atoms with Crippen LogP contribution in [0.4, 0.5) is 33.4 Å². The predicted octanol–water partition coefficient (Wildman–Crippen LogP) is 15.2. The minimum atomic E-state index is -0.00207. The van der Waals surface area contributed by atoms with Crippen molar-refractivity contribution in [3.63, 3.8) is 0 Å². The number of hydrogen-bond acceptors (Lipinski definition) is 3. The smallest absolute Gasteiger partial charge is 0.254 e. The number of benzene rings is 6. The van der Waals surface area contributed by atoms with E-state index in [-0.39, 0.29) is 33.8 Å². The Labute approximate surface area is 382 Å². The number of aryl methyl sites for hydroxylation is 1. The van der Waals surface area contributed by atoms with E-state index in [2.05, 4.69) is 222 Å². The van der Waals surface area contributed by atoms with Crippen molar-refractivity contribution in [2.45, 2.75) is 137 Å². The minimum absolute atomic E-state index is 0.00207. The highest BCUT2D eigenvalue weighted by Crippen LogP contribution is 2.53. The van der Waals surface area contributed by atoms with Gasteiger partial charge in [0.1, 0.15) is 0 Å². The maximum Gasteiger partial charge on any atom is 0.254 e. The van der Waals surface area contributed by atoms with E-state index in [9.17, 15) is 0 Å². The zero-order valence-corrected chi connectivity index (χ0v) is 41.1. The molecule has 0 bridgehead atoms. The molecule has 0 fully saturated rings. The molecule has 4 heteroatoms. The quantitative estimate of drug-likeness (QED) is 0.164. The van der Waals surface area contributed by atoms with E-state index in [4.69, 9.17) is 0 Å². The van der Waals surface area contributed by atoms with Crippen LogP contribution in [0.15, 0.2) is 115 Å². The monoisotopic (exact) mass is 844 g/mol. The Bertz CT molecular complexity index is 2960. The van der Waals surface area contributed by atoms with Crippen LogP contribution in [0.2, 0.25) is 0 Å². The van der Waals surface area contributed by atoms with Crippen LogP contribution in [0.3, 0.4) is 0 Å². The Hall–Kier alpha value is -5.06. The number of hydrogen-bond donors (Lipinski definition) is 0. The number of rotatable bonds is 3. The molecule has 0 amide bonds. The van der Waals surface area contributed by atoms with Gasteiger partial charge in [-0.2, -0.15) is 0 Å². The molecule has 10 rings (SSSR count). The van der Waals surface area contributed by atoms with Gasteiger partial charge in [-0.15, -0.1) is 11.3 Å². The lowest BCUT2D eigenvalue weighted by Gasteiger charge is -2.47. The highest BCUT2D eigenvalue weighted by atomic mass is 32.1. The van der Waals surface area contributed by atoms with Crippen molar-refractivity contribution >= 4 is 78.0 Å². The second-order valence-electron chi connectivity index (χ2n) is 23.5. The van der Waals surface area contributed by atoms with Gasteiger partial charge in [-0.3, -0.25) is 0 Å². The molecule has 0 radical (unpaired) electrons. The van der Waals surface area contributed by atoms with Gasteiger partial charge in [0.25, 0.3) is 6.71 Å². The highest BCUT2D eigenvalue weighted by molar-refractivity contribution is 7.26. The molecule has 1 aliphatic carbocycles. The van der Waals surface area contributed by atoms with Crippen molar-refractivity contribution in [2.24, 2.45) is 0 Å². The summed E-state index contributed by atoms with van der Waals surface area (Å²) in [6, 6.07) is 45.5. The van der Waals surface area contributed by atoms with Gasteiger partial charge in [0.2, 0.25) is 0 Å². The molecule has 0 N–H and O–H groups in total. The van der Waals surface area contributed by atoms with E-state index in [0.717, 1.165) is 0 Å². The van der Waals surface area contributed by atoms with Gasteiger partial charge >= 0.3 is 0 Å². The number of thiophene rings is 1. The summed E-state index contributed by atoms with van der Waals surface area (Å²) in [6.07, 6.45) is 2.36. The molecule has 6 aromatic carbocycles. The molecule has 0 saturated carbocycles. The summed E-state index contributed by atoms with van der Waals surface area (Å²) in [5, 5.41) is 2.71.